The second kappa shape index (κ2) is 5.74. The molecule has 1 fully saturated rings. The largest absolute Gasteiger partial charge is 0.508 e. The van der Waals surface area contributed by atoms with Crippen molar-refractivity contribution in [2.75, 3.05) is 13.1 Å². The molecule has 0 heterocycles. The highest BCUT2D eigenvalue weighted by atomic mass is 35.5. The monoisotopic (exact) mass is 253 g/mol. The fraction of sp³-hybridized carbons (Fsp3) is 0.571. The number of phenols is 1. The minimum absolute atomic E-state index is 0.353. The van der Waals surface area contributed by atoms with Gasteiger partial charge in [0.15, 0.2) is 0 Å². The second-order valence-corrected chi connectivity index (χ2v) is 5.39. The lowest BCUT2D eigenvalue weighted by atomic mass is 10.1. The first-order chi connectivity index (χ1) is 8.19. The Kier molecular flexibility index (Phi) is 4.30. The second-order valence-electron chi connectivity index (χ2n) is 4.95. The number of aromatic hydroxyl groups is 1. The first-order valence-corrected chi connectivity index (χ1v) is 6.76. The molecule has 1 N–H and O–H groups in total. The molecule has 2 nitrogen and oxygen atoms in total. The molecule has 0 atom stereocenters. The third-order valence-electron chi connectivity index (χ3n) is 3.19. The van der Waals surface area contributed by atoms with Crippen LogP contribution in [0.1, 0.15) is 31.7 Å². The van der Waals surface area contributed by atoms with E-state index in [9.17, 15) is 5.11 Å². The van der Waals surface area contributed by atoms with Gasteiger partial charge >= 0.3 is 0 Å². The number of hydrogen-bond donors (Lipinski definition) is 1. The van der Waals surface area contributed by atoms with E-state index in [1.165, 1.54) is 12.8 Å². The van der Waals surface area contributed by atoms with Crippen molar-refractivity contribution in [2.45, 2.75) is 32.7 Å². The molecule has 0 amide bonds. The molecule has 2 rings (SSSR count). The number of rotatable bonds is 6. The van der Waals surface area contributed by atoms with Crippen LogP contribution in [0, 0.1) is 5.92 Å². The average molecular weight is 254 g/mol. The summed E-state index contributed by atoms with van der Waals surface area (Å²) in [5.41, 5.74) is 0.937. The quantitative estimate of drug-likeness (QED) is 0.836. The van der Waals surface area contributed by atoms with Crippen LogP contribution in [0.5, 0.6) is 5.75 Å². The molecular weight excluding hydrogens is 234 g/mol. The van der Waals surface area contributed by atoms with Crippen LogP contribution in [0.15, 0.2) is 18.2 Å². The van der Waals surface area contributed by atoms with Gasteiger partial charge in [-0.3, -0.25) is 4.90 Å². The van der Waals surface area contributed by atoms with Crippen molar-refractivity contribution in [3.63, 3.8) is 0 Å². The molecule has 1 saturated carbocycles. The van der Waals surface area contributed by atoms with Gasteiger partial charge in [-0.15, -0.1) is 0 Å². The molecule has 0 spiro atoms. The van der Waals surface area contributed by atoms with Crippen molar-refractivity contribution in [3.8, 4) is 5.75 Å². The Morgan fingerprint density at radius 3 is 2.82 bits per heavy atom. The maximum absolute atomic E-state index is 9.82. The van der Waals surface area contributed by atoms with Crippen molar-refractivity contribution in [1.82, 2.24) is 4.90 Å². The summed E-state index contributed by atoms with van der Waals surface area (Å²) in [7, 11) is 0. The van der Waals surface area contributed by atoms with Crippen LogP contribution in [0.25, 0.3) is 0 Å². The molecule has 0 aliphatic heterocycles. The Labute approximate surface area is 108 Å². The van der Waals surface area contributed by atoms with E-state index < -0.39 is 0 Å². The number of hydrogen-bond acceptors (Lipinski definition) is 2. The molecule has 1 aromatic rings. The highest BCUT2D eigenvalue weighted by Crippen LogP contribution is 2.31. The minimum Gasteiger partial charge on any atom is -0.508 e. The lowest BCUT2D eigenvalue weighted by molar-refractivity contribution is 0.252. The maximum atomic E-state index is 9.82. The van der Waals surface area contributed by atoms with E-state index in [0.29, 0.717) is 10.8 Å². The lowest BCUT2D eigenvalue weighted by Crippen LogP contribution is -2.26. The molecule has 1 aromatic carbocycles. The molecule has 0 aromatic heterocycles. The van der Waals surface area contributed by atoms with Crippen LogP contribution in [0.3, 0.4) is 0 Å². The molecule has 1 aliphatic carbocycles. The Hall–Kier alpha value is -0.730. The third kappa shape index (κ3) is 3.90. The van der Waals surface area contributed by atoms with Gasteiger partial charge in [0.25, 0.3) is 0 Å². The normalized spacial score (nSPS) is 15.5. The van der Waals surface area contributed by atoms with Crippen molar-refractivity contribution in [3.05, 3.63) is 28.8 Å². The Morgan fingerprint density at radius 1 is 1.41 bits per heavy atom. The summed E-state index contributed by atoms with van der Waals surface area (Å²) in [5, 5.41) is 10.5. The van der Waals surface area contributed by atoms with Gasteiger partial charge in [-0.25, -0.2) is 0 Å². The molecule has 0 unspecified atom stereocenters. The number of benzene rings is 1. The van der Waals surface area contributed by atoms with E-state index in [2.05, 4.69) is 11.8 Å². The predicted molar refractivity (Wildman–Crippen MR) is 71.4 cm³/mol. The summed E-state index contributed by atoms with van der Waals surface area (Å²) in [4.78, 5) is 2.42. The zero-order chi connectivity index (χ0) is 12.3. The number of phenolic OH excluding ortho intramolecular Hbond substituents is 1. The van der Waals surface area contributed by atoms with E-state index in [0.717, 1.165) is 37.5 Å². The SMILES string of the molecule is CCCN(Cc1cc(Cl)ccc1O)CC1CC1. The summed E-state index contributed by atoms with van der Waals surface area (Å²) >= 11 is 5.97. The van der Waals surface area contributed by atoms with Crippen LogP contribution in [0.2, 0.25) is 5.02 Å². The van der Waals surface area contributed by atoms with E-state index in [1.807, 2.05) is 6.07 Å². The molecule has 1 aliphatic rings. The molecule has 3 heteroatoms. The fourth-order valence-electron chi connectivity index (χ4n) is 2.14. The summed E-state index contributed by atoms with van der Waals surface area (Å²) in [6, 6.07) is 5.27. The van der Waals surface area contributed by atoms with E-state index in [1.54, 1.807) is 12.1 Å². The lowest BCUT2D eigenvalue weighted by Gasteiger charge is -2.22. The van der Waals surface area contributed by atoms with Crippen molar-refractivity contribution in [1.29, 1.82) is 0 Å². The molecule has 0 bridgehead atoms. The first-order valence-electron chi connectivity index (χ1n) is 6.38. The number of nitrogens with zero attached hydrogens (tertiary/aromatic N) is 1. The highest BCUT2D eigenvalue weighted by Gasteiger charge is 2.24. The predicted octanol–water partition coefficient (Wildman–Crippen LogP) is 3.67. The van der Waals surface area contributed by atoms with E-state index >= 15 is 0 Å². The molecule has 94 valence electrons. The first kappa shape index (κ1) is 12.7. The van der Waals surface area contributed by atoms with Gasteiger partial charge in [0.2, 0.25) is 0 Å². The van der Waals surface area contributed by atoms with Gasteiger partial charge in [0.05, 0.1) is 0 Å². The molecule has 0 radical (unpaired) electrons. The Morgan fingerprint density at radius 2 is 2.18 bits per heavy atom. The van der Waals surface area contributed by atoms with Crippen molar-refractivity contribution in [2.24, 2.45) is 5.92 Å². The number of halogens is 1. The van der Waals surface area contributed by atoms with Gasteiger partial charge in [-0.1, -0.05) is 18.5 Å². The molecular formula is C14H20ClNO. The van der Waals surface area contributed by atoms with E-state index in [-0.39, 0.29) is 0 Å². The molecule has 17 heavy (non-hydrogen) atoms. The summed E-state index contributed by atoms with van der Waals surface area (Å²) in [6.45, 7) is 5.23. The molecule has 0 saturated heterocycles. The summed E-state index contributed by atoms with van der Waals surface area (Å²) in [5.74, 6) is 1.23. The van der Waals surface area contributed by atoms with E-state index in [4.69, 9.17) is 11.6 Å². The zero-order valence-corrected chi connectivity index (χ0v) is 11.1. The fourth-order valence-corrected chi connectivity index (χ4v) is 2.33. The van der Waals surface area contributed by atoms with Crippen molar-refractivity contribution >= 4 is 11.6 Å². The average Bonchev–Trinajstić information content (AvgIpc) is 3.08. The van der Waals surface area contributed by atoms with Crippen LogP contribution >= 0.6 is 11.6 Å². The Balaban J connectivity index is 2.01. The van der Waals surface area contributed by atoms with Gasteiger partial charge in [-0.05, 0) is 49.9 Å². The van der Waals surface area contributed by atoms with Crippen LogP contribution in [-0.2, 0) is 6.54 Å². The van der Waals surface area contributed by atoms with Crippen LogP contribution in [0.4, 0.5) is 0 Å². The van der Waals surface area contributed by atoms with Gasteiger partial charge in [0, 0.05) is 23.7 Å². The summed E-state index contributed by atoms with van der Waals surface area (Å²) < 4.78 is 0. The van der Waals surface area contributed by atoms with Gasteiger partial charge in [-0.2, -0.15) is 0 Å². The highest BCUT2D eigenvalue weighted by molar-refractivity contribution is 6.30. The standard InChI is InChI=1S/C14H20ClNO/c1-2-7-16(9-11-3-4-11)10-12-8-13(15)5-6-14(12)17/h5-6,8,11,17H,2-4,7,9-10H2,1H3. The smallest absolute Gasteiger partial charge is 0.120 e. The zero-order valence-electron chi connectivity index (χ0n) is 10.3. The van der Waals surface area contributed by atoms with Crippen LogP contribution < -0.4 is 0 Å². The van der Waals surface area contributed by atoms with Crippen LogP contribution in [-0.4, -0.2) is 23.1 Å². The Bertz CT molecular complexity index is 376. The van der Waals surface area contributed by atoms with Gasteiger partial charge in [0.1, 0.15) is 5.75 Å². The maximum Gasteiger partial charge on any atom is 0.120 e. The summed E-state index contributed by atoms with van der Waals surface area (Å²) in [6.07, 6.45) is 3.87. The van der Waals surface area contributed by atoms with Crippen molar-refractivity contribution < 1.29 is 5.11 Å². The topological polar surface area (TPSA) is 23.5 Å². The third-order valence-corrected chi connectivity index (χ3v) is 3.42. The minimum atomic E-state index is 0.353. The van der Waals surface area contributed by atoms with Gasteiger partial charge < -0.3 is 5.11 Å².